The van der Waals surface area contributed by atoms with E-state index in [0.717, 1.165) is 81.4 Å². The predicted molar refractivity (Wildman–Crippen MR) is 150 cm³/mol. The highest BCUT2D eigenvalue weighted by Crippen LogP contribution is 2.32. The van der Waals surface area contributed by atoms with Crippen LogP contribution in [0.2, 0.25) is 0 Å². The number of amides is 1. The molecular formula is C29H32FN9O. The predicted octanol–water partition coefficient (Wildman–Crippen LogP) is 4.32. The van der Waals surface area contributed by atoms with E-state index < -0.39 is 5.82 Å². The van der Waals surface area contributed by atoms with Gasteiger partial charge in [0, 0.05) is 56.4 Å². The summed E-state index contributed by atoms with van der Waals surface area (Å²) in [6.45, 7) is 4.14. The number of piperazine rings is 1. The number of aromatic nitrogens is 5. The molecule has 1 aliphatic heterocycles. The molecule has 0 radical (unpaired) electrons. The Morgan fingerprint density at radius 1 is 1.02 bits per heavy atom. The van der Waals surface area contributed by atoms with E-state index in [1.54, 1.807) is 6.20 Å². The molecule has 0 bridgehead atoms. The van der Waals surface area contributed by atoms with Crippen LogP contribution in [0.15, 0.2) is 42.9 Å². The largest absolute Gasteiger partial charge is 0.365 e. The second-order valence-electron chi connectivity index (χ2n) is 11.0. The molecule has 3 fully saturated rings. The number of aromatic amines is 1. The van der Waals surface area contributed by atoms with Crippen LogP contribution in [0.3, 0.4) is 0 Å². The number of benzene rings is 1. The molecule has 4 heterocycles. The van der Waals surface area contributed by atoms with Crippen LogP contribution < -0.4 is 10.6 Å². The molecule has 2 aliphatic carbocycles. The maximum atomic E-state index is 15.2. The quantitative estimate of drug-likeness (QED) is 0.302. The van der Waals surface area contributed by atoms with Gasteiger partial charge in [0.1, 0.15) is 17.8 Å². The number of hydrogen-bond acceptors (Lipinski definition) is 8. The summed E-state index contributed by atoms with van der Waals surface area (Å²) in [5, 5.41) is 6.45. The summed E-state index contributed by atoms with van der Waals surface area (Å²) in [6, 6.07) is 9.84. The first-order valence-electron chi connectivity index (χ1n) is 14.1. The number of rotatable bonds is 8. The van der Waals surface area contributed by atoms with Gasteiger partial charge in [-0.1, -0.05) is 6.07 Å². The lowest BCUT2D eigenvalue weighted by Crippen LogP contribution is -2.48. The molecule has 40 heavy (non-hydrogen) atoms. The minimum Gasteiger partial charge on any atom is -0.365 e. The van der Waals surface area contributed by atoms with Crippen LogP contribution in [0, 0.1) is 11.7 Å². The third-order valence-corrected chi connectivity index (χ3v) is 8.08. The number of pyridine rings is 1. The fourth-order valence-corrected chi connectivity index (χ4v) is 5.37. The summed E-state index contributed by atoms with van der Waals surface area (Å²) in [5.74, 6) is 1.67. The molecule has 206 valence electrons. The van der Waals surface area contributed by atoms with Crippen molar-refractivity contribution in [1.82, 2.24) is 34.7 Å². The molecule has 11 heteroatoms. The molecule has 1 aromatic carbocycles. The van der Waals surface area contributed by atoms with Gasteiger partial charge in [-0.25, -0.2) is 24.3 Å². The zero-order chi connectivity index (χ0) is 27.1. The van der Waals surface area contributed by atoms with Gasteiger partial charge in [-0.15, -0.1) is 0 Å². The van der Waals surface area contributed by atoms with E-state index in [1.165, 1.54) is 6.33 Å². The number of fused-ring (bicyclic) bond motifs is 1. The molecule has 1 saturated heterocycles. The zero-order valence-corrected chi connectivity index (χ0v) is 22.2. The molecular weight excluding hydrogens is 509 g/mol. The van der Waals surface area contributed by atoms with Crippen LogP contribution in [0.4, 0.5) is 22.0 Å². The van der Waals surface area contributed by atoms with Gasteiger partial charge in [-0.05, 0) is 61.9 Å². The summed E-state index contributed by atoms with van der Waals surface area (Å²) in [6.07, 6.45) is 8.52. The third kappa shape index (κ3) is 5.21. The summed E-state index contributed by atoms with van der Waals surface area (Å²) in [5.41, 5.74) is 3.57. The van der Waals surface area contributed by atoms with Crippen molar-refractivity contribution < 1.29 is 9.18 Å². The lowest BCUT2D eigenvalue weighted by atomic mass is 9.93. The number of nitrogens with one attached hydrogen (secondary N) is 3. The molecule has 3 aliphatic rings. The van der Waals surface area contributed by atoms with Gasteiger partial charge in [-0.3, -0.25) is 9.69 Å². The Morgan fingerprint density at radius 3 is 2.65 bits per heavy atom. The van der Waals surface area contributed by atoms with Crippen molar-refractivity contribution in [3.63, 3.8) is 0 Å². The molecule has 7 rings (SSSR count). The number of carbonyl (C=O) groups is 1. The maximum Gasteiger partial charge on any atom is 0.225 e. The third-order valence-electron chi connectivity index (χ3n) is 8.08. The van der Waals surface area contributed by atoms with Gasteiger partial charge in [0.05, 0.1) is 11.0 Å². The minimum atomic E-state index is -0.441. The van der Waals surface area contributed by atoms with Crippen molar-refractivity contribution in [3.8, 4) is 11.3 Å². The standard InChI is InChI=1S/C29H32FN9O/c30-25-26(32-17-33-27(25)34-21-2-1-3-21)20-6-7-22-23(15-20)36-29(35-22)37-24-14-18(8-9-31-24)16-38-10-12-39(13-11-38)28(40)19-4-5-19/h6-9,14-15,17,19,21H,1-5,10-13,16H2,(H,32,33,34)(H2,31,35,36,37). The van der Waals surface area contributed by atoms with E-state index in [0.29, 0.717) is 23.2 Å². The first kappa shape index (κ1) is 24.9. The van der Waals surface area contributed by atoms with E-state index in [4.69, 9.17) is 0 Å². The molecule has 0 unspecified atom stereocenters. The Balaban J connectivity index is 1.02. The molecule has 1 amide bonds. The smallest absolute Gasteiger partial charge is 0.225 e. The van der Waals surface area contributed by atoms with Crippen molar-refractivity contribution >= 4 is 34.5 Å². The van der Waals surface area contributed by atoms with Gasteiger partial charge in [0.2, 0.25) is 11.9 Å². The minimum absolute atomic E-state index is 0.251. The first-order chi connectivity index (χ1) is 19.6. The number of H-pyrrole nitrogens is 1. The fraction of sp³-hybridized carbons (Fsp3) is 0.414. The monoisotopic (exact) mass is 541 g/mol. The molecule has 0 spiro atoms. The summed E-state index contributed by atoms with van der Waals surface area (Å²) < 4.78 is 15.2. The molecule has 4 aromatic rings. The van der Waals surface area contributed by atoms with Crippen molar-refractivity contribution in [2.24, 2.45) is 5.92 Å². The van der Waals surface area contributed by atoms with Gasteiger partial charge in [0.15, 0.2) is 11.6 Å². The molecule has 10 nitrogen and oxygen atoms in total. The number of anilines is 3. The Labute approximate surface area is 231 Å². The maximum absolute atomic E-state index is 15.2. The number of carbonyl (C=O) groups excluding carboxylic acids is 1. The average Bonchev–Trinajstić information content (AvgIpc) is 3.71. The van der Waals surface area contributed by atoms with Crippen LogP contribution in [-0.4, -0.2) is 72.8 Å². The molecule has 2 saturated carbocycles. The van der Waals surface area contributed by atoms with Gasteiger partial charge in [0.25, 0.3) is 0 Å². The van der Waals surface area contributed by atoms with E-state index in [-0.39, 0.29) is 23.5 Å². The average molecular weight is 542 g/mol. The van der Waals surface area contributed by atoms with Crippen molar-refractivity contribution in [1.29, 1.82) is 0 Å². The highest BCUT2D eigenvalue weighted by atomic mass is 19.1. The van der Waals surface area contributed by atoms with Crippen molar-refractivity contribution in [3.05, 3.63) is 54.2 Å². The number of imidazole rings is 1. The topological polar surface area (TPSA) is 115 Å². The SMILES string of the molecule is O=C(C1CC1)N1CCN(Cc2ccnc(Nc3nc4ccc(-c5ncnc(NC6CCC6)c5F)cc4[nH]3)c2)CC1. The second-order valence-corrected chi connectivity index (χ2v) is 11.0. The van der Waals surface area contributed by atoms with Crippen molar-refractivity contribution in [2.45, 2.75) is 44.7 Å². The molecule has 0 atom stereocenters. The van der Waals surface area contributed by atoms with Gasteiger partial charge in [-0.2, -0.15) is 0 Å². The summed E-state index contributed by atoms with van der Waals surface area (Å²) >= 11 is 0. The Bertz CT molecular complexity index is 1540. The van der Waals surface area contributed by atoms with E-state index in [9.17, 15) is 4.79 Å². The highest BCUT2D eigenvalue weighted by Gasteiger charge is 2.34. The number of hydrogen-bond donors (Lipinski definition) is 3. The van der Waals surface area contributed by atoms with Crippen LogP contribution in [0.25, 0.3) is 22.3 Å². The lowest BCUT2D eigenvalue weighted by molar-refractivity contribution is -0.134. The van der Waals surface area contributed by atoms with Gasteiger partial charge >= 0.3 is 0 Å². The highest BCUT2D eigenvalue weighted by molar-refractivity contribution is 5.84. The van der Waals surface area contributed by atoms with Crippen LogP contribution in [0.1, 0.15) is 37.7 Å². The summed E-state index contributed by atoms with van der Waals surface area (Å²) in [7, 11) is 0. The Hall–Kier alpha value is -4.12. The molecule has 3 N–H and O–H groups in total. The number of nitrogens with zero attached hydrogens (tertiary/aromatic N) is 6. The Kier molecular flexibility index (Phi) is 6.51. The lowest BCUT2D eigenvalue weighted by Gasteiger charge is -2.34. The van der Waals surface area contributed by atoms with Crippen LogP contribution >= 0.6 is 0 Å². The summed E-state index contributed by atoms with van der Waals surface area (Å²) in [4.78, 5) is 37.4. The first-order valence-corrected chi connectivity index (χ1v) is 14.1. The fourth-order valence-electron chi connectivity index (χ4n) is 5.37. The van der Waals surface area contributed by atoms with Crippen molar-refractivity contribution in [2.75, 3.05) is 36.8 Å². The van der Waals surface area contributed by atoms with Crippen LogP contribution in [-0.2, 0) is 11.3 Å². The number of halogens is 1. The van der Waals surface area contributed by atoms with E-state index in [1.807, 2.05) is 35.2 Å². The van der Waals surface area contributed by atoms with E-state index >= 15 is 4.39 Å². The Morgan fingerprint density at radius 2 is 1.88 bits per heavy atom. The van der Waals surface area contributed by atoms with Gasteiger partial charge < -0.3 is 20.5 Å². The van der Waals surface area contributed by atoms with E-state index in [2.05, 4.69) is 40.5 Å². The zero-order valence-electron chi connectivity index (χ0n) is 22.2. The second kappa shape index (κ2) is 10.5. The molecule has 3 aromatic heterocycles. The van der Waals surface area contributed by atoms with Crippen LogP contribution in [0.5, 0.6) is 0 Å². The normalized spacial score (nSPS) is 18.1.